The number of aliphatic hydroxyl groups is 2. The van der Waals surface area contributed by atoms with Crippen LogP contribution in [0.4, 0.5) is 0 Å². The summed E-state index contributed by atoms with van der Waals surface area (Å²) in [5, 5.41) is 23.2. The van der Waals surface area contributed by atoms with E-state index >= 15 is 0 Å². The molecule has 2 unspecified atom stereocenters. The number of rotatable bonds is 9. The number of aryl methyl sites for hydroxylation is 1. The lowest BCUT2D eigenvalue weighted by molar-refractivity contribution is 0.100. The maximum Gasteiger partial charge on any atom is 0.138 e. The van der Waals surface area contributed by atoms with E-state index in [0.29, 0.717) is 17.3 Å². The van der Waals surface area contributed by atoms with Gasteiger partial charge in [0.15, 0.2) is 0 Å². The maximum absolute atomic E-state index is 9.80. The van der Waals surface area contributed by atoms with E-state index in [1.165, 1.54) is 0 Å². The fraction of sp³-hybridized carbons (Fsp3) is 0.520. The van der Waals surface area contributed by atoms with Crippen molar-refractivity contribution >= 4 is 24.0 Å². The van der Waals surface area contributed by atoms with E-state index in [0.717, 1.165) is 30.4 Å². The Morgan fingerprint density at radius 3 is 2.29 bits per heavy atom. The summed E-state index contributed by atoms with van der Waals surface area (Å²) in [7, 11) is 0. The van der Waals surface area contributed by atoms with Crippen LogP contribution in [0, 0.1) is 6.92 Å². The smallest absolute Gasteiger partial charge is 0.138 e. The largest absolute Gasteiger partial charge is 0.489 e. The van der Waals surface area contributed by atoms with Crippen molar-refractivity contribution in [3.63, 3.8) is 0 Å². The first-order chi connectivity index (χ1) is 14.1. The molecule has 0 spiro atoms. The molecule has 0 radical (unpaired) electrons. The van der Waals surface area contributed by atoms with Gasteiger partial charge in [-0.2, -0.15) is 0 Å². The molecule has 2 aromatic carbocycles. The highest BCUT2D eigenvalue weighted by Crippen LogP contribution is 2.25. The third-order valence-electron chi connectivity index (χ3n) is 4.40. The number of halogens is 2. The summed E-state index contributed by atoms with van der Waals surface area (Å²) in [5.41, 5.74) is 2.10. The van der Waals surface area contributed by atoms with Crippen molar-refractivity contribution in [2.45, 2.75) is 71.6 Å². The van der Waals surface area contributed by atoms with Crippen LogP contribution in [0.25, 0.3) is 0 Å². The zero-order valence-corrected chi connectivity index (χ0v) is 21.0. The van der Waals surface area contributed by atoms with Crippen LogP contribution in [0.15, 0.2) is 48.5 Å². The first-order valence-electron chi connectivity index (χ1n) is 10.7. The highest BCUT2D eigenvalue weighted by atomic mass is 35.5. The van der Waals surface area contributed by atoms with Crippen LogP contribution in [0.2, 0.25) is 5.02 Å². The predicted octanol–water partition coefficient (Wildman–Crippen LogP) is 6.11. The Bertz CT molecular complexity index is 720. The van der Waals surface area contributed by atoms with Crippen molar-refractivity contribution < 1.29 is 14.9 Å². The molecule has 3 N–H and O–H groups in total. The number of hydrogen-bond donors (Lipinski definition) is 3. The van der Waals surface area contributed by atoms with Gasteiger partial charge in [0.25, 0.3) is 0 Å². The average molecular weight is 472 g/mol. The van der Waals surface area contributed by atoms with E-state index in [4.69, 9.17) is 16.3 Å². The fourth-order valence-corrected chi connectivity index (χ4v) is 2.80. The van der Waals surface area contributed by atoms with Gasteiger partial charge in [-0.1, -0.05) is 67.8 Å². The molecule has 0 saturated carbocycles. The van der Waals surface area contributed by atoms with E-state index in [-0.39, 0.29) is 30.7 Å². The molecule has 6 heteroatoms. The van der Waals surface area contributed by atoms with Gasteiger partial charge in [-0.3, -0.25) is 0 Å². The topological polar surface area (TPSA) is 61.7 Å². The van der Waals surface area contributed by atoms with Crippen LogP contribution in [0.3, 0.4) is 0 Å². The zero-order chi connectivity index (χ0) is 22.6. The van der Waals surface area contributed by atoms with E-state index in [1.54, 1.807) is 6.07 Å². The number of ether oxygens (including phenoxy) is 1. The van der Waals surface area contributed by atoms with E-state index in [1.807, 2.05) is 49.4 Å². The second kappa shape index (κ2) is 15.5. The Morgan fingerprint density at radius 2 is 1.71 bits per heavy atom. The van der Waals surface area contributed by atoms with Crippen molar-refractivity contribution in [3.8, 4) is 5.75 Å². The first kappa shape index (κ1) is 29.7. The molecule has 0 saturated heterocycles. The van der Waals surface area contributed by atoms with Crippen molar-refractivity contribution in [3.05, 3.63) is 64.7 Å². The van der Waals surface area contributed by atoms with Gasteiger partial charge in [0.1, 0.15) is 18.5 Å². The normalized spacial score (nSPS) is 12.8. The van der Waals surface area contributed by atoms with Gasteiger partial charge in [0.2, 0.25) is 0 Å². The van der Waals surface area contributed by atoms with E-state index < -0.39 is 6.10 Å². The van der Waals surface area contributed by atoms with Crippen LogP contribution in [-0.4, -0.2) is 35.0 Å². The Labute approximate surface area is 199 Å². The zero-order valence-electron chi connectivity index (χ0n) is 19.4. The molecule has 0 heterocycles. The molecule has 176 valence electrons. The van der Waals surface area contributed by atoms with Crippen LogP contribution in [-0.2, 0) is 0 Å². The summed E-state index contributed by atoms with van der Waals surface area (Å²) in [4.78, 5) is 0. The minimum atomic E-state index is -0.555. The third-order valence-corrected chi connectivity index (χ3v) is 4.71. The van der Waals surface area contributed by atoms with Gasteiger partial charge in [0, 0.05) is 12.1 Å². The van der Waals surface area contributed by atoms with Gasteiger partial charge in [-0.15, -0.1) is 12.4 Å². The fourth-order valence-electron chi connectivity index (χ4n) is 2.63. The van der Waals surface area contributed by atoms with Gasteiger partial charge < -0.3 is 20.3 Å². The Kier molecular flexibility index (Phi) is 14.8. The maximum atomic E-state index is 9.80. The van der Waals surface area contributed by atoms with Crippen molar-refractivity contribution in [2.24, 2.45) is 0 Å². The summed E-state index contributed by atoms with van der Waals surface area (Å²) in [6.07, 6.45) is 2.28. The lowest BCUT2D eigenvalue weighted by atomic mass is 10.0. The number of unbranched alkanes of at least 4 members (excludes halogenated alkanes) is 1. The molecule has 0 fully saturated rings. The third kappa shape index (κ3) is 13.7. The van der Waals surface area contributed by atoms with E-state index in [9.17, 15) is 10.2 Å². The van der Waals surface area contributed by atoms with E-state index in [2.05, 4.69) is 33.0 Å². The summed E-state index contributed by atoms with van der Waals surface area (Å²) < 4.78 is 5.52. The lowest BCUT2D eigenvalue weighted by Crippen LogP contribution is -2.42. The molecule has 2 aromatic rings. The van der Waals surface area contributed by atoms with Gasteiger partial charge >= 0.3 is 0 Å². The van der Waals surface area contributed by atoms with Crippen LogP contribution in [0.1, 0.15) is 64.2 Å². The molecule has 0 bridgehead atoms. The molecule has 31 heavy (non-hydrogen) atoms. The molecule has 2 atom stereocenters. The van der Waals surface area contributed by atoms with Crippen LogP contribution >= 0.6 is 24.0 Å². The summed E-state index contributed by atoms with van der Waals surface area (Å²) >= 11 is 6.01. The lowest BCUT2D eigenvalue weighted by Gasteiger charge is -2.23. The van der Waals surface area contributed by atoms with Crippen LogP contribution < -0.4 is 10.1 Å². The standard InChI is InChI=1S/C14H22ClNO2.C11H16O.ClH/c1-10-5-6-12(15)13(7-10)18-9-11(17)8-16-14(2,3)4;1-2-3-9-11(12)10-7-5-4-6-8-10;/h5-7,11,16-17H,8-9H2,1-4H3;4-8,11-12H,2-3,9H2,1H3;1H. The second-order valence-electron chi connectivity index (χ2n) is 8.60. The Morgan fingerprint density at radius 1 is 1.06 bits per heavy atom. The summed E-state index contributed by atoms with van der Waals surface area (Å²) in [6.45, 7) is 11.0. The minimum Gasteiger partial charge on any atom is -0.489 e. The molecule has 0 amide bonds. The average Bonchev–Trinajstić information content (AvgIpc) is 2.71. The molecule has 0 aromatic heterocycles. The Hall–Kier alpha value is -1.30. The number of benzene rings is 2. The SMILES string of the molecule is CCCCC(O)c1ccccc1.Cc1ccc(Cl)c(OCC(O)CNC(C)(C)C)c1.Cl. The number of aliphatic hydroxyl groups excluding tert-OH is 2. The summed E-state index contributed by atoms with van der Waals surface area (Å²) in [5.74, 6) is 0.617. The monoisotopic (exact) mass is 471 g/mol. The quantitative estimate of drug-likeness (QED) is 0.412. The highest BCUT2D eigenvalue weighted by molar-refractivity contribution is 6.32. The van der Waals surface area contributed by atoms with Gasteiger partial charge in [0.05, 0.1) is 11.1 Å². The molecular weight excluding hydrogens is 433 g/mol. The molecule has 4 nitrogen and oxygen atoms in total. The van der Waals surface area contributed by atoms with Crippen molar-refractivity contribution in [2.75, 3.05) is 13.2 Å². The van der Waals surface area contributed by atoms with Crippen molar-refractivity contribution in [1.82, 2.24) is 5.32 Å². The van der Waals surface area contributed by atoms with Gasteiger partial charge in [-0.05, 0) is 57.4 Å². The minimum absolute atomic E-state index is 0. The number of nitrogens with one attached hydrogen (secondary N) is 1. The number of β-amino-alcohol motifs (C(OH)–C–C–N with tert-alkyl or cyclic N) is 1. The Balaban J connectivity index is 0.000000605. The molecule has 2 rings (SSSR count). The molecular formula is C25H39Cl2NO3. The molecule has 0 aliphatic rings. The highest BCUT2D eigenvalue weighted by Gasteiger charge is 2.13. The predicted molar refractivity (Wildman–Crippen MR) is 134 cm³/mol. The first-order valence-corrected chi connectivity index (χ1v) is 11.0. The summed E-state index contributed by atoms with van der Waals surface area (Å²) in [6, 6.07) is 15.4. The second-order valence-corrected chi connectivity index (χ2v) is 9.01. The van der Waals surface area contributed by atoms with Crippen LogP contribution in [0.5, 0.6) is 5.75 Å². The molecule has 0 aliphatic heterocycles. The van der Waals surface area contributed by atoms with Crippen molar-refractivity contribution in [1.29, 1.82) is 0 Å². The number of hydrogen-bond acceptors (Lipinski definition) is 4. The van der Waals surface area contributed by atoms with Gasteiger partial charge in [-0.25, -0.2) is 0 Å². The molecule has 0 aliphatic carbocycles.